The Hall–Kier alpha value is -2.35. The van der Waals surface area contributed by atoms with E-state index in [1.54, 1.807) is 0 Å². The number of amides is 2. The van der Waals surface area contributed by atoms with E-state index in [2.05, 4.69) is 13.2 Å². The van der Waals surface area contributed by atoms with E-state index in [4.69, 9.17) is 14.6 Å². The lowest BCUT2D eigenvalue weighted by Gasteiger charge is -2.25. The van der Waals surface area contributed by atoms with E-state index in [1.165, 1.54) is 28.9 Å². The Morgan fingerprint density at radius 3 is 1.87 bits per heavy atom. The van der Waals surface area contributed by atoms with Gasteiger partial charge in [-0.25, -0.2) is 9.59 Å². The summed E-state index contributed by atoms with van der Waals surface area (Å²) in [5.41, 5.74) is 0. The molecule has 23 heavy (non-hydrogen) atoms. The summed E-state index contributed by atoms with van der Waals surface area (Å²) in [4.78, 5) is 37.3. The van der Waals surface area contributed by atoms with Gasteiger partial charge in [-0.15, -0.1) is 0 Å². The van der Waals surface area contributed by atoms with Gasteiger partial charge in [0.05, 0.1) is 13.2 Å². The number of aliphatic hydroxyl groups excluding tert-OH is 1. The normalized spacial score (nSPS) is 9.65. The zero-order valence-electron chi connectivity index (χ0n) is 13.4. The van der Waals surface area contributed by atoms with E-state index in [1.807, 2.05) is 0 Å². The van der Waals surface area contributed by atoms with E-state index in [0.29, 0.717) is 0 Å². The summed E-state index contributed by atoms with van der Waals surface area (Å²) in [6.07, 6.45) is 1.52. The van der Waals surface area contributed by atoms with Gasteiger partial charge < -0.3 is 19.5 Å². The predicted octanol–water partition coefficient (Wildman–Crippen LogP) is 0.817. The average molecular weight is 328 g/mol. The van der Waals surface area contributed by atoms with E-state index < -0.39 is 12.2 Å². The standard InChI is InChI=1S/C15H24N2O6/c1-4-10-22-14(20)16(8-9-18)6-7-17(12-13(3)19)15(21)23-11-5-2/h4-5,18H,1-2,6-12H2,3H3. The maximum atomic E-state index is 11.9. The molecule has 0 fully saturated rings. The van der Waals surface area contributed by atoms with Crippen molar-refractivity contribution < 1.29 is 29.0 Å². The molecule has 8 heteroatoms. The Labute approximate surface area is 135 Å². The van der Waals surface area contributed by atoms with Crippen molar-refractivity contribution in [2.75, 3.05) is 46.0 Å². The van der Waals surface area contributed by atoms with Crippen LogP contribution in [0.4, 0.5) is 9.59 Å². The van der Waals surface area contributed by atoms with Gasteiger partial charge in [-0.3, -0.25) is 9.69 Å². The topological polar surface area (TPSA) is 96.4 Å². The van der Waals surface area contributed by atoms with Crippen LogP contribution in [0.1, 0.15) is 6.92 Å². The molecular formula is C15H24N2O6. The van der Waals surface area contributed by atoms with Gasteiger partial charge in [-0.05, 0) is 6.92 Å². The quantitative estimate of drug-likeness (QED) is 0.564. The molecule has 0 spiro atoms. The first-order valence-corrected chi connectivity index (χ1v) is 7.11. The minimum atomic E-state index is -0.677. The van der Waals surface area contributed by atoms with E-state index in [0.717, 1.165) is 0 Å². The minimum Gasteiger partial charge on any atom is -0.445 e. The zero-order valence-corrected chi connectivity index (χ0v) is 13.4. The van der Waals surface area contributed by atoms with Crippen LogP contribution in [0.5, 0.6) is 0 Å². The number of ether oxygens (including phenoxy) is 2. The van der Waals surface area contributed by atoms with Crippen molar-refractivity contribution in [1.82, 2.24) is 9.80 Å². The predicted molar refractivity (Wildman–Crippen MR) is 84.0 cm³/mol. The smallest absolute Gasteiger partial charge is 0.410 e. The third-order valence-electron chi connectivity index (χ3n) is 2.59. The summed E-state index contributed by atoms with van der Waals surface area (Å²) in [7, 11) is 0. The Morgan fingerprint density at radius 1 is 0.957 bits per heavy atom. The molecule has 130 valence electrons. The third kappa shape index (κ3) is 9.30. The van der Waals surface area contributed by atoms with Crippen LogP contribution in [0.3, 0.4) is 0 Å². The molecule has 0 aromatic carbocycles. The average Bonchev–Trinajstić information content (AvgIpc) is 2.52. The monoisotopic (exact) mass is 328 g/mol. The fourth-order valence-corrected chi connectivity index (χ4v) is 1.60. The largest absolute Gasteiger partial charge is 0.445 e. The number of hydrogen-bond donors (Lipinski definition) is 1. The summed E-state index contributed by atoms with van der Waals surface area (Å²) in [5.74, 6) is -0.219. The Morgan fingerprint density at radius 2 is 1.43 bits per heavy atom. The third-order valence-corrected chi connectivity index (χ3v) is 2.59. The molecule has 0 bridgehead atoms. The fourth-order valence-electron chi connectivity index (χ4n) is 1.60. The molecule has 0 saturated heterocycles. The number of carbonyl (C=O) groups is 3. The van der Waals surface area contributed by atoms with Crippen molar-refractivity contribution in [2.24, 2.45) is 0 Å². The fraction of sp³-hybridized carbons (Fsp3) is 0.533. The van der Waals surface area contributed by atoms with E-state index >= 15 is 0 Å². The van der Waals surface area contributed by atoms with Crippen LogP contribution in [0.15, 0.2) is 25.3 Å². The van der Waals surface area contributed by atoms with Crippen molar-refractivity contribution in [3.8, 4) is 0 Å². The summed E-state index contributed by atoms with van der Waals surface area (Å²) < 4.78 is 9.78. The van der Waals surface area contributed by atoms with Crippen molar-refractivity contribution in [3.05, 3.63) is 25.3 Å². The van der Waals surface area contributed by atoms with Gasteiger partial charge in [-0.2, -0.15) is 0 Å². The molecule has 0 rings (SSSR count). The minimum absolute atomic E-state index is 0.0228. The number of nitrogens with zero attached hydrogens (tertiary/aromatic N) is 2. The lowest BCUT2D eigenvalue weighted by molar-refractivity contribution is -0.117. The van der Waals surface area contributed by atoms with Crippen LogP contribution in [0, 0.1) is 0 Å². The molecule has 0 radical (unpaired) electrons. The highest BCUT2D eigenvalue weighted by molar-refractivity contribution is 5.82. The van der Waals surface area contributed by atoms with Crippen LogP contribution in [-0.2, 0) is 14.3 Å². The first kappa shape index (κ1) is 20.6. The molecule has 0 aromatic heterocycles. The van der Waals surface area contributed by atoms with Gasteiger partial charge in [0.2, 0.25) is 0 Å². The van der Waals surface area contributed by atoms with Gasteiger partial charge in [0, 0.05) is 19.6 Å². The highest BCUT2D eigenvalue weighted by Gasteiger charge is 2.20. The molecule has 2 amide bonds. The molecule has 0 aliphatic carbocycles. The highest BCUT2D eigenvalue weighted by Crippen LogP contribution is 2.00. The van der Waals surface area contributed by atoms with Crippen LogP contribution < -0.4 is 0 Å². The summed E-state index contributed by atoms with van der Waals surface area (Å²) >= 11 is 0. The number of carbonyl (C=O) groups excluding carboxylic acids is 3. The molecule has 0 aliphatic rings. The second-order valence-electron chi connectivity index (χ2n) is 4.57. The van der Waals surface area contributed by atoms with Crippen LogP contribution in [0.2, 0.25) is 0 Å². The second kappa shape index (κ2) is 12.2. The summed E-state index contributed by atoms with van der Waals surface area (Å²) in [6, 6.07) is 0. The van der Waals surface area contributed by atoms with Gasteiger partial charge >= 0.3 is 12.2 Å². The molecule has 0 aromatic rings. The van der Waals surface area contributed by atoms with Crippen molar-refractivity contribution in [1.29, 1.82) is 0 Å². The highest BCUT2D eigenvalue weighted by atomic mass is 16.6. The van der Waals surface area contributed by atoms with Gasteiger partial charge in [0.25, 0.3) is 0 Å². The number of aliphatic hydroxyl groups is 1. The lowest BCUT2D eigenvalue weighted by Crippen LogP contribution is -2.44. The molecule has 0 aliphatic heterocycles. The zero-order chi connectivity index (χ0) is 17.7. The molecule has 1 N–H and O–H groups in total. The molecule has 0 unspecified atom stereocenters. The van der Waals surface area contributed by atoms with Gasteiger partial charge in [-0.1, -0.05) is 25.3 Å². The van der Waals surface area contributed by atoms with Crippen LogP contribution in [0.25, 0.3) is 0 Å². The van der Waals surface area contributed by atoms with Crippen molar-refractivity contribution in [2.45, 2.75) is 6.92 Å². The van der Waals surface area contributed by atoms with E-state index in [-0.39, 0.29) is 51.8 Å². The van der Waals surface area contributed by atoms with Crippen molar-refractivity contribution in [3.63, 3.8) is 0 Å². The van der Waals surface area contributed by atoms with Crippen molar-refractivity contribution >= 4 is 18.0 Å². The second-order valence-corrected chi connectivity index (χ2v) is 4.57. The Kier molecular flexibility index (Phi) is 11.0. The Balaban J connectivity index is 4.70. The first-order chi connectivity index (χ1) is 11.0. The SMILES string of the molecule is C=CCOC(=O)N(CCO)CCN(CC(C)=O)C(=O)OCC=C. The Bertz CT molecular complexity index is 424. The number of hydrogen-bond acceptors (Lipinski definition) is 6. The van der Waals surface area contributed by atoms with Crippen LogP contribution >= 0.6 is 0 Å². The maximum Gasteiger partial charge on any atom is 0.410 e. The van der Waals surface area contributed by atoms with Crippen LogP contribution in [-0.4, -0.2) is 78.9 Å². The maximum absolute atomic E-state index is 11.9. The van der Waals surface area contributed by atoms with Gasteiger partial charge in [0.15, 0.2) is 0 Å². The molecule has 0 saturated carbocycles. The molecular weight excluding hydrogens is 304 g/mol. The molecule has 0 atom stereocenters. The summed E-state index contributed by atoms with van der Waals surface area (Å²) in [6.45, 7) is 8.10. The number of ketones is 1. The number of Topliss-reactive ketones (excluding diaryl/α,β-unsaturated/α-hetero) is 1. The van der Waals surface area contributed by atoms with Gasteiger partial charge in [0.1, 0.15) is 19.0 Å². The lowest BCUT2D eigenvalue weighted by atomic mass is 10.4. The van der Waals surface area contributed by atoms with E-state index in [9.17, 15) is 14.4 Å². The molecule has 8 nitrogen and oxygen atoms in total. The number of rotatable bonds is 11. The molecule has 0 heterocycles. The first-order valence-electron chi connectivity index (χ1n) is 7.11. The summed E-state index contributed by atoms with van der Waals surface area (Å²) in [5, 5.41) is 9.01.